The van der Waals surface area contributed by atoms with E-state index in [4.69, 9.17) is 0 Å². The van der Waals surface area contributed by atoms with Gasteiger partial charge in [0.2, 0.25) is 11.8 Å². The minimum absolute atomic E-state index is 0.101. The Balaban J connectivity index is 1.35. The minimum Gasteiger partial charge on any atom is -0.361 e. The third-order valence-corrected chi connectivity index (χ3v) is 4.55. The molecule has 0 fully saturated rings. The second kappa shape index (κ2) is 8.48. The molecule has 7 nitrogen and oxygen atoms in total. The zero-order valence-corrected chi connectivity index (χ0v) is 16.4. The first-order valence-corrected chi connectivity index (χ1v) is 9.52. The summed E-state index contributed by atoms with van der Waals surface area (Å²) in [7, 11) is 0. The van der Waals surface area contributed by atoms with E-state index in [2.05, 4.69) is 25.9 Å². The van der Waals surface area contributed by atoms with Crippen LogP contribution in [-0.2, 0) is 16.0 Å². The summed E-state index contributed by atoms with van der Waals surface area (Å²) in [5.41, 5.74) is 4.17. The van der Waals surface area contributed by atoms with Crippen LogP contribution in [0.25, 0.3) is 10.9 Å². The van der Waals surface area contributed by atoms with Crippen LogP contribution in [0, 0.1) is 0 Å². The lowest BCUT2D eigenvalue weighted by molar-refractivity contribution is -0.116. The molecule has 4 rings (SSSR count). The van der Waals surface area contributed by atoms with Crippen molar-refractivity contribution < 1.29 is 9.59 Å². The highest BCUT2D eigenvalue weighted by atomic mass is 16.2. The number of nitrogens with zero attached hydrogens (tertiary/aromatic N) is 1. The van der Waals surface area contributed by atoms with Crippen molar-refractivity contribution in [3.63, 3.8) is 0 Å². The fourth-order valence-electron chi connectivity index (χ4n) is 3.19. The van der Waals surface area contributed by atoms with E-state index in [1.54, 1.807) is 18.3 Å². The van der Waals surface area contributed by atoms with Crippen molar-refractivity contribution in [3.8, 4) is 0 Å². The summed E-state index contributed by atoms with van der Waals surface area (Å²) in [6, 6.07) is 18.8. The van der Waals surface area contributed by atoms with Crippen molar-refractivity contribution in [1.82, 2.24) is 9.97 Å². The first-order valence-electron chi connectivity index (χ1n) is 9.52. The number of para-hydroxylation sites is 1. The van der Waals surface area contributed by atoms with Crippen LogP contribution >= 0.6 is 0 Å². The Bertz CT molecular complexity index is 1180. The van der Waals surface area contributed by atoms with Crippen LogP contribution in [0.3, 0.4) is 0 Å². The second-order valence-electron chi connectivity index (χ2n) is 6.90. The van der Waals surface area contributed by atoms with Gasteiger partial charge in [0.05, 0.1) is 18.3 Å². The number of amides is 2. The smallest absolute Gasteiger partial charge is 0.228 e. The third kappa shape index (κ3) is 4.64. The van der Waals surface area contributed by atoms with Crippen molar-refractivity contribution in [2.45, 2.75) is 13.3 Å². The molecule has 4 aromatic rings. The number of fused-ring (bicyclic) bond motifs is 1. The Morgan fingerprint density at radius 3 is 2.37 bits per heavy atom. The van der Waals surface area contributed by atoms with Gasteiger partial charge in [0, 0.05) is 35.4 Å². The van der Waals surface area contributed by atoms with Gasteiger partial charge < -0.3 is 20.9 Å². The van der Waals surface area contributed by atoms with E-state index in [9.17, 15) is 9.59 Å². The van der Waals surface area contributed by atoms with Gasteiger partial charge in [-0.3, -0.25) is 9.59 Å². The van der Waals surface area contributed by atoms with Gasteiger partial charge in [-0.1, -0.05) is 18.2 Å². The van der Waals surface area contributed by atoms with Gasteiger partial charge in [0.1, 0.15) is 5.82 Å². The van der Waals surface area contributed by atoms with Crippen molar-refractivity contribution >= 4 is 45.6 Å². The second-order valence-corrected chi connectivity index (χ2v) is 6.90. The van der Waals surface area contributed by atoms with Gasteiger partial charge in [-0.2, -0.15) is 0 Å². The molecule has 2 heterocycles. The van der Waals surface area contributed by atoms with Gasteiger partial charge in [-0.05, 0) is 48.0 Å². The van der Waals surface area contributed by atoms with Crippen LogP contribution < -0.4 is 16.0 Å². The molecule has 2 amide bonds. The lowest BCUT2D eigenvalue weighted by Crippen LogP contribution is -2.14. The zero-order valence-electron chi connectivity index (χ0n) is 16.4. The molecule has 0 saturated heterocycles. The first kappa shape index (κ1) is 19.2. The summed E-state index contributed by atoms with van der Waals surface area (Å²) in [6.07, 6.45) is 3.76. The van der Waals surface area contributed by atoms with E-state index in [-0.39, 0.29) is 18.2 Å². The summed E-state index contributed by atoms with van der Waals surface area (Å²) in [4.78, 5) is 31.0. The molecule has 0 spiro atoms. The number of benzene rings is 2. The number of carbonyl (C=O) groups is 2. The zero-order chi connectivity index (χ0) is 20.9. The Kier molecular flexibility index (Phi) is 5.43. The average Bonchev–Trinajstić information content (AvgIpc) is 3.13. The number of hydrogen-bond acceptors (Lipinski definition) is 4. The third-order valence-electron chi connectivity index (χ3n) is 4.55. The molecule has 0 aliphatic carbocycles. The highest BCUT2D eigenvalue weighted by molar-refractivity contribution is 5.95. The molecule has 2 aromatic heterocycles. The molecule has 0 bridgehead atoms. The van der Waals surface area contributed by atoms with E-state index in [0.717, 1.165) is 27.8 Å². The van der Waals surface area contributed by atoms with E-state index in [1.165, 1.54) is 6.92 Å². The fraction of sp³-hybridized carbons (Fsp3) is 0.0870. The number of carbonyl (C=O) groups excluding carboxylic acids is 2. The number of hydrogen-bond donors (Lipinski definition) is 4. The molecule has 0 aliphatic heterocycles. The SMILES string of the molecule is CC(=O)Nc1ccc(Nc2ccc(NC(=O)Cc3c[nH]c4ccccc34)cn2)cc1. The Labute approximate surface area is 173 Å². The van der Waals surface area contributed by atoms with E-state index in [1.807, 2.05) is 54.7 Å². The first-order chi connectivity index (χ1) is 14.6. The molecule has 2 aromatic carbocycles. The summed E-state index contributed by atoms with van der Waals surface area (Å²) >= 11 is 0. The minimum atomic E-state index is -0.111. The molecular weight excluding hydrogens is 378 g/mol. The topological polar surface area (TPSA) is 98.9 Å². The number of H-pyrrole nitrogens is 1. The standard InChI is InChI=1S/C23H21N5O2/c1-15(29)26-17-6-8-18(9-7-17)27-22-11-10-19(14-25-22)28-23(30)12-16-13-24-21-5-3-2-4-20(16)21/h2-11,13-14,24H,12H2,1H3,(H,25,27)(H,26,29)(H,28,30). The van der Waals surface area contributed by atoms with Crippen LogP contribution in [0.2, 0.25) is 0 Å². The van der Waals surface area contributed by atoms with Crippen molar-refractivity contribution in [2.24, 2.45) is 0 Å². The fourth-order valence-corrected chi connectivity index (χ4v) is 3.19. The molecular formula is C23H21N5O2. The molecule has 0 saturated carbocycles. The van der Waals surface area contributed by atoms with Crippen LogP contribution in [-0.4, -0.2) is 21.8 Å². The van der Waals surface area contributed by atoms with Crippen molar-refractivity contribution in [3.05, 3.63) is 78.6 Å². The Morgan fingerprint density at radius 1 is 0.900 bits per heavy atom. The van der Waals surface area contributed by atoms with Gasteiger partial charge in [0.15, 0.2) is 0 Å². The molecule has 0 aliphatic rings. The summed E-state index contributed by atoms with van der Waals surface area (Å²) < 4.78 is 0. The van der Waals surface area contributed by atoms with E-state index >= 15 is 0 Å². The summed E-state index contributed by atoms with van der Waals surface area (Å²) in [5.74, 6) is 0.437. The summed E-state index contributed by atoms with van der Waals surface area (Å²) in [5, 5.41) is 9.83. The number of rotatable bonds is 6. The van der Waals surface area contributed by atoms with E-state index in [0.29, 0.717) is 11.5 Å². The largest absolute Gasteiger partial charge is 0.361 e. The number of aromatic nitrogens is 2. The number of anilines is 4. The quantitative estimate of drug-likeness (QED) is 0.385. The number of nitrogens with one attached hydrogen (secondary N) is 4. The van der Waals surface area contributed by atoms with Crippen LogP contribution in [0.1, 0.15) is 12.5 Å². The molecule has 4 N–H and O–H groups in total. The Morgan fingerprint density at radius 2 is 1.63 bits per heavy atom. The van der Waals surface area contributed by atoms with Gasteiger partial charge in [-0.25, -0.2) is 4.98 Å². The molecule has 0 unspecified atom stereocenters. The number of aromatic amines is 1. The van der Waals surface area contributed by atoms with Gasteiger partial charge in [0.25, 0.3) is 0 Å². The predicted molar refractivity (Wildman–Crippen MR) is 119 cm³/mol. The highest BCUT2D eigenvalue weighted by Gasteiger charge is 2.09. The lowest BCUT2D eigenvalue weighted by atomic mass is 10.1. The maximum atomic E-state index is 12.4. The maximum Gasteiger partial charge on any atom is 0.228 e. The normalized spacial score (nSPS) is 10.6. The predicted octanol–water partition coefficient (Wildman–Crippen LogP) is 4.45. The highest BCUT2D eigenvalue weighted by Crippen LogP contribution is 2.20. The maximum absolute atomic E-state index is 12.4. The summed E-state index contributed by atoms with van der Waals surface area (Å²) in [6.45, 7) is 1.47. The molecule has 0 atom stereocenters. The van der Waals surface area contributed by atoms with Gasteiger partial charge in [-0.15, -0.1) is 0 Å². The average molecular weight is 399 g/mol. The number of pyridine rings is 1. The van der Waals surface area contributed by atoms with Crippen LogP contribution in [0.5, 0.6) is 0 Å². The van der Waals surface area contributed by atoms with Gasteiger partial charge >= 0.3 is 0 Å². The van der Waals surface area contributed by atoms with Crippen LogP contribution in [0.4, 0.5) is 22.9 Å². The van der Waals surface area contributed by atoms with Crippen molar-refractivity contribution in [2.75, 3.05) is 16.0 Å². The van der Waals surface area contributed by atoms with E-state index < -0.39 is 0 Å². The van der Waals surface area contributed by atoms with Crippen LogP contribution in [0.15, 0.2) is 73.1 Å². The molecule has 0 radical (unpaired) electrons. The lowest BCUT2D eigenvalue weighted by Gasteiger charge is -2.09. The van der Waals surface area contributed by atoms with Crippen molar-refractivity contribution in [1.29, 1.82) is 0 Å². The molecule has 7 heteroatoms. The monoisotopic (exact) mass is 399 g/mol. The Hall–Kier alpha value is -4.13. The molecule has 30 heavy (non-hydrogen) atoms. The molecule has 150 valence electrons.